The summed E-state index contributed by atoms with van der Waals surface area (Å²) in [5.74, 6) is 1.48. The predicted molar refractivity (Wildman–Crippen MR) is 66.0 cm³/mol. The van der Waals surface area contributed by atoms with Gasteiger partial charge in [0.1, 0.15) is 5.69 Å². The number of hydrogen-bond acceptors (Lipinski definition) is 3. The molecule has 0 amide bonds. The predicted octanol–water partition coefficient (Wildman–Crippen LogP) is 2.03. The molecule has 2 aliphatic rings. The maximum Gasteiger partial charge on any atom is 0.160 e. The van der Waals surface area contributed by atoms with E-state index < -0.39 is 0 Å². The summed E-state index contributed by atoms with van der Waals surface area (Å²) in [6.45, 7) is 2.77. The minimum Gasteiger partial charge on any atom is -0.490 e. The maximum atomic E-state index is 5.91. The first-order valence-corrected chi connectivity index (χ1v) is 6.68. The monoisotopic (exact) mass is 235 g/mol. The van der Waals surface area contributed by atoms with Crippen LogP contribution in [0.5, 0.6) is 5.75 Å². The van der Waals surface area contributed by atoms with Crippen LogP contribution in [-0.4, -0.2) is 22.4 Å². The summed E-state index contributed by atoms with van der Waals surface area (Å²) in [4.78, 5) is 0. The molecule has 4 nitrogen and oxygen atoms in total. The lowest BCUT2D eigenvalue weighted by Crippen LogP contribution is -2.42. The minimum atomic E-state index is 0.344. The van der Waals surface area contributed by atoms with Crippen LogP contribution in [0.3, 0.4) is 0 Å². The highest BCUT2D eigenvalue weighted by Gasteiger charge is 2.28. The largest absolute Gasteiger partial charge is 0.490 e. The summed E-state index contributed by atoms with van der Waals surface area (Å²) in [6.07, 6.45) is 8.26. The second kappa shape index (κ2) is 4.33. The fourth-order valence-corrected chi connectivity index (χ4v) is 2.44. The molecule has 2 N–H and O–H groups in total. The molecule has 1 aromatic heterocycles. The highest BCUT2D eigenvalue weighted by molar-refractivity contribution is 5.23. The number of hydrogen-bond donors (Lipinski definition) is 1. The van der Waals surface area contributed by atoms with Gasteiger partial charge in [-0.25, -0.2) is 0 Å². The average Bonchev–Trinajstić information content (AvgIpc) is 2.55. The first-order valence-electron chi connectivity index (χ1n) is 6.68. The lowest BCUT2D eigenvalue weighted by molar-refractivity contribution is 0.152. The second-order valence-corrected chi connectivity index (χ2v) is 5.46. The van der Waals surface area contributed by atoms with Crippen molar-refractivity contribution in [2.75, 3.05) is 6.61 Å². The molecule has 0 spiro atoms. The molecule has 0 aliphatic heterocycles. The molecule has 0 saturated heterocycles. The third-order valence-electron chi connectivity index (χ3n) is 4.25. The molecule has 0 radical (unpaired) electrons. The standard InChI is InChI=1S/C13H21N3O/c1-9-13(17-8-10-5-6-12(10)14)7-16(15-9)11-3-2-4-11/h7,10-12H,2-6,8,14H2,1H3/t10-,12+/m1/s1. The van der Waals surface area contributed by atoms with Gasteiger partial charge in [0.25, 0.3) is 0 Å². The highest BCUT2D eigenvalue weighted by atomic mass is 16.5. The molecule has 0 aromatic carbocycles. The number of aryl methyl sites for hydroxylation is 1. The molecule has 0 unspecified atom stereocenters. The fourth-order valence-electron chi connectivity index (χ4n) is 2.44. The Morgan fingerprint density at radius 2 is 2.24 bits per heavy atom. The van der Waals surface area contributed by atoms with Gasteiger partial charge >= 0.3 is 0 Å². The first-order chi connectivity index (χ1) is 8.24. The summed E-state index contributed by atoms with van der Waals surface area (Å²) < 4.78 is 7.93. The molecule has 94 valence electrons. The van der Waals surface area contributed by atoms with Crippen molar-refractivity contribution < 1.29 is 4.74 Å². The second-order valence-electron chi connectivity index (χ2n) is 5.46. The van der Waals surface area contributed by atoms with Gasteiger partial charge in [0.2, 0.25) is 0 Å². The van der Waals surface area contributed by atoms with Crippen molar-refractivity contribution in [2.24, 2.45) is 11.7 Å². The van der Waals surface area contributed by atoms with E-state index in [-0.39, 0.29) is 0 Å². The van der Waals surface area contributed by atoms with Crippen molar-refractivity contribution in [3.63, 3.8) is 0 Å². The molecule has 17 heavy (non-hydrogen) atoms. The topological polar surface area (TPSA) is 53.1 Å². The lowest BCUT2D eigenvalue weighted by Gasteiger charge is -2.33. The van der Waals surface area contributed by atoms with Crippen molar-refractivity contribution in [1.29, 1.82) is 0 Å². The molecule has 2 aliphatic carbocycles. The Morgan fingerprint density at radius 1 is 1.41 bits per heavy atom. The van der Waals surface area contributed by atoms with Gasteiger partial charge in [0, 0.05) is 12.0 Å². The van der Waals surface area contributed by atoms with Crippen LogP contribution in [0.25, 0.3) is 0 Å². The zero-order valence-electron chi connectivity index (χ0n) is 10.4. The SMILES string of the molecule is Cc1nn(C2CCC2)cc1OC[C@H]1CC[C@@H]1N. The van der Waals surface area contributed by atoms with E-state index in [1.54, 1.807) is 0 Å². The number of ether oxygens (including phenoxy) is 1. The number of nitrogens with zero attached hydrogens (tertiary/aromatic N) is 2. The molecule has 2 fully saturated rings. The number of rotatable bonds is 4. The Labute approximate surface area is 102 Å². The summed E-state index contributed by atoms with van der Waals surface area (Å²) in [6, 6.07) is 0.953. The summed E-state index contributed by atoms with van der Waals surface area (Å²) in [5.41, 5.74) is 6.91. The Kier molecular flexibility index (Phi) is 2.82. The van der Waals surface area contributed by atoms with Gasteiger partial charge in [-0.2, -0.15) is 5.10 Å². The van der Waals surface area contributed by atoms with E-state index in [0.717, 1.165) is 24.5 Å². The van der Waals surface area contributed by atoms with Crippen LogP contribution in [0.15, 0.2) is 6.20 Å². The Morgan fingerprint density at radius 3 is 2.76 bits per heavy atom. The number of aromatic nitrogens is 2. The molecular weight excluding hydrogens is 214 g/mol. The summed E-state index contributed by atoms with van der Waals surface area (Å²) in [7, 11) is 0. The third kappa shape index (κ3) is 2.06. The molecular formula is C13H21N3O. The Balaban J connectivity index is 1.60. The van der Waals surface area contributed by atoms with E-state index >= 15 is 0 Å². The van der Waals surface area contributed by atoms with E-state index in [1.807, 2.05) is 6.92 Å². The Hall–Kier alpha value is -1.03. The van der Waals surface area contributed by atoms with Crippen molar-refractivity contribution in [3.05, 3.63) is 11.9 Å². The van der Waals surface area contributed by atoms with E-state index in [2.05, 4.69) is 16.0 Å². The third-order valence-corrected chi connectivity index (χ3v) is 4.25. The van der Waals surface area contributed by atoms with Gasteiger partial charge in [0.05, 0.1) is 18.8 Å². The van der Waals surface area contributed by atoms with Gasteiger partial charge in [-0.1, -0.05) is 0 Å². The molecule has 3 rings (SSSR count). The quantitative estimate of drug-likeness (QED) is 0.868. The van der Waals surface area contributed by atoms with Crippen molar-refractivity contribution in [1.82, 2.24) is 9.78 Å². The molecule has 1 heterocycles. The normalized spacial score (nSPS) is 28.6. The zero-order valence-corrected chi connectivity index (χ0v) is 10.4. The lowest BCUT2D eigenvalue weighted by atomic mass is 9.81. The van der Waals surface area contributed by atoms with Crippen LogP contribution in [0.2, 0.25) is 0 Å². The van der Waals surface area contributed by atoms with Crippen LogP contribution >= 0.6 is 0 Å². The van der Waals surface area contributed by atoms with E-state index in [1.165, 1.54) is 25.7 Å². The van der Waals surface area contributed by atoms with Crippen LogP contribution in [0, 0.1) is 12.8 Å². The van der Waals surface area contributed by atoms with Crippen LogP contribution in [0.4, 0.5) is 0 Å². The van der Waals surface area contributed by atoms with Gasteiger partial charge in [-0.05, 0) is 39.0 Å². The molecule has 0 bridgehead atoms. The fraction of sp³-hybridized carbons (Fsp3) is 0.769. The van der Waals surface area contributed by atoms with Crippen LogP contribution < -0.4 is 10.5 Å². The van der Waals surface area contributed by atoms with Crippen molar-refractivity contribution in [3.8, 4) is 5.75 Å². The van der Waals surface area contributed by atoms with Gasteiger partial charge in [0.15, 0.2) is 5.75 Å². The van der Waals surface area contributed by atoms with Gasteiger partial charge < -0.3 is 10.5 Å². The average molecular weight is 235 g/mol. The molecule has 1 aromatic rings. The Bertz CT molecular complexity index is 397. The van der Waals surface area contributed by atoms with Crippen LogP contribution in [-0.2, 0) is 0 Å². The van der Waals surface area contributed by atoms with Gasteiger partial charge in [-0.15, -0.1) is 0 Å². The zero-order chi connectivity index (χ0) is 11.8. The van der Waals surface area contributed by atoms with E-state index in [0.29, 0.717) is 18.0 Å². The number of nitrogens with two attached hydrogens (primary N) is 1. The maximum absolute atomic E-state index is 5.91. The molecule has 4 heteroatoms. The summed E-state index contributed by atoms with van der Waals surface area (Å²) >= 11 is 0. The minimum absolute atomic E-state index is 0.344. The van der Waals surface area contributed by atoms with E-state index in [9.17, 15) is 0 Å². The highest BCUT2D eigenvalue weighted by Crippen LogP contribution is 2.33. The van der Waals surface area contributed by atoms with Crippen LogP contribution in [0.1, 0.15) is 43.8 Å². The van der Waals surface area contributed by atoms with Crippen molar-refractivity contribution >= 4 is 0 Å². The van der Waals surface area contributed by atoms with Gasteiger partial charge in [-0.3, -0.25) is 4.68 Å². The molecule has 2 atom stereocenters. The first kappa shape index (κ1) is 11.1. The van der Waals surface area contributed by atoms with E-state index in [4.69, 9.17) is 10.5 Å². The van der Waals surface area contributed by atoms with Crippen molar-refractivity contribution in [2.45, 2.75) is 51.1 Å². The summed E-state index contributed by atoms with van der Waals surface area (Å²) in [5, 5.41) is 4.53. The smallest absolute Gasteiger partial charge is 0.160 e. The molecule has 2 saturated carbocycles.